The summed E-state index contributed by atoms with van der Waals surface area (Å²) >= 11 is 0. The minimum absolute atomic E-state index is 0.0839. The molecule has 0 saturated carbocycles. The molecule has 110 valence electrons. The van der Waals surface area contributed by atoms with Gasteiger partial charge in [0.05, 0.1) is 11.5 Å². The van der Waals surface area contributed by atoms with Gasteiger partial charge in [-0.1, -0.05) is 0 Å². The van der Waals surface area contributed by atoms with Crippen molar-refractivity contribution in [3.8, 4) is 0 Å². The van der Waals surface area contributed by atoms with Crippen LogP contribution in [0.2, 0.25) is 0 Å². The van der Waals surface area contributed by atoms with Crippen LogP contribution in [-0.4, -0.2) is 40.4 Å². The first-order valence-corrected chi connectivity index (χ1v) is 6.03. The van der Waals surface area contributed by atoms with Crippen LogP contribution in [0.25, 0.3) is 0 Å². The standard InChI is InChI=1S/C11H18N6O3/c1-6(2)16(5-8(12)18)10-9(17(19)20)7(3)14-11(13-4)15-10/h6H,5H2,1-4H3,(H2,12,18)(H,13,14,15). The van der Waals surface area contributed by atoms with Crippen molar-refractivity contribution in [2.45, 2.75) is 26.8 Å². The topological polar surface area (TPSA) is 127 Å². The van der Waals surface area contributed by atoms with Gasteiger partial charge in [0.2, 0.25) is 17.7 Å². The summed E-state index contributed by atoms with van der Waals surface area (Å²) in [6.45, 7) is 4.96. The zero-order chi connectivity index (χ0) is 15.4. The first-order chi connectivity index (χ1) is 9.27. The molecule has 1 aromatic heterocycles. The van der Waals surface area contributed by atoms with Crippen molar-refractivity contribution in [3.05, 3.63) is 15.8 Å². The quantitative estimate of drug-likeness (QED) is 0.572. The molecule has 0 aromatic carbocycles. The molecular formula is C11H18N6O3. The molecule has 0 fully saturated rings. The lowest BCUT2D eigenvalue weighted by molar-refractivity contribution is -0.385. The van der Waals surface area contributed by atoms with Gasteiger partial charge in [0.1, 0.15) is 5.69 Å². The maximum Gasteiger partial charge on any atom is 0.332 e. The van der Waals surface area contributed by atoms with E-state index in [2.05, 4.69) is 15.3 Å². The molecular weight excluding hydrogens is 264 g/mol. The minimum Gasteiger partial charge on any atom is -0.368 e. The van der Waals surface area contributed by atoms with Gasteiger partial charge < -0.3 is 16.0 Å². The molecule has 1 heterocycles. The number of nitrogens with one attached hydrogen (secondary N) is 1. The number of amides is 1. The van der Waals surface area contributed by atoms with Crippen molar-refractivity contribution in [1.29, 1.82) is 0 Å². The van der Waals surface area contributed by atoms with Crippen LogP contribution in [0.4, 0.5) is 17.5 Å². The van der Waals surface area contributed by atoms with Crippen LogP contribution in [-0.2, 0) is 4.79 Å². The number of nitrogens with two attached hydrogens (primary N) is 1. The van der Waals surface area contributed by atoms with Crippen molar-refractivity contribution in [2.75, 3.05) is 23.8 Å². The molecule has 1 aromatic rings. The lowest BCUT2D eigenvalue weighted by Crippen LogP contribution is -2.39. The average molecular weight is 282 g/mol. The molecule has 0 spiro atoms. The van der Waals surface area contributed by atoms with E-state index in [0.29, 0.717) is 0 Å². The Bertz CT molecular complexity index is 531. The van der Waals surface area contributed by atoms with Crippen LogP contribution < -0.4 is 16.0 Å². The van der Waals surface area contributed by atoms with Gasteiger partial charge in [-0.25, -0.2) is 4.98 Å². The molecule has 0 unspecified atom stereocenters. The molecule has 0 bridgehead atoms. The lowest BCUT2D eigenvalue weighted by Gasteiger charge is -2.26. The lowest BCUT2D eigenvalue weighted by atomic mass is 10.2. The van der Waals surface area contributed by atoms with Gasteiger partial charge in [-0.15, -0.1) is 0 Å². The summed E-state index contributed by atoms with van der Waals surface area (Å²) in [5.74, 6) is -0.255. The Kier molecular flexibility index (Phi) is 4.78. The number of aromatic nitrogens is 2. The SMILES string of the molecule is CNc1nc(C)c([N+](=O)[O-])c(N(CC(N)=O)C(C)C)n1. The van der Waals surface area contributed by atoms with E-state index in [1.54, 1.807) is 20.9 Å². The predicted octanol–water partition coefficient (Wildman–Crippen LogP) is 0.435. The van der Waals surface area contributed by atoms with Gasteiger partial charge in [0.25, 0.3) is 0 Å². The highest BCUT2D eigenvalue weighted by Gasteiger charge is 2.28. The van der Waals surface area contributed by atoms with E-state index in [1.165, 1.54) is 11.8 Å². The van der Waals surface area contributed by atoms with E-state index in [9.17, 15) is 14.9 Å². The number of nitro groups is 1. The maximum atomic E-state index is 11.2. The van der Waals surface area contributed by atoms with E-state index in [4.69, 9.17) is 5.73 Å². The molecule has 1 rings (SSSR count). The van der Waals surface area contributed by atoms with Gasteiger partial charge >= 0.3 is 5.69 Å². The third-order valence-corrected chi connectivity index (χ3v) is 2.67. The highest BCUT2D eigenvalue weighted by Crippen LogP contribution is 2.30. The van der Waals surface area contributed by atoms with Crippen molar-refractivity contribution in [1.82, 2.24) is 9.97 Å². The van der Waals surface area contributed by atoms with E-state index in [-0.39, 0.29) is 35.7 Å². The van der Waals surface area contributed by atoms with Crippen LogP contribution in [0.5, 0.6) is 0 Å². The Labute approximate surface area is 116 Å². The number of primary amides is 1. The second kappa shape index (κ2) is 6.13. The van der Waals surface area contributed by atoms with Crippen molar-refractivity contribution in [2.24, 2.45) is 5.73 Å². The molecule has 0 saturated heterocycles. The van der Waals surface area contributed by atoms with Crippen LogP contribution in [0.3, 0.4) is 0 Å². The number of hydrogen-bond acceptors (Lipinski definition) is 7. The molecule has 20 heavy (non-hydrogen) atoms. The zero-order valence-corrected chi connectivity index (χ0v) is 11.9. The number of rotatable bonds is 6. The molecule has 0 atom stereocenters. The Morgan fingerprint density at radius 3 is 2.50 bits per heavy atom. The highest BCUT2D eigenvalue weighted by molar-refractivity contribution is 5.80. The summed E-state index contributed by atoms with van der Waals surface area (Å²) < 4.78 is 0. The van der Waals surface area contributed by atoms with E-state index < -0.39 is 10.8 Å². The maximum absolute atomic E-state index is 11.2. The summed E-state index contributed by atoms with van der Waals surface area (Å²) in [6.07, 6.45) is 0. The van der Waals surface area contributed by atoms with Gasteiger partial charge in [0.15, 0.2) is 0 Å². The summed E-state index contributed by atoms with van der Waals surface area (Å²) in [5, 5.41) is 14.0. The summed E-state index contributed by atoms with van der Waals surface area (Å²) in [4.78, 5) is 31.4. The van der Waals surface area contributed by atoms with Crippen LogP contribution in [0, 0.1) is 17.0 Å². The fraction of sp³-hybridized carbons (Fsp3) is 0.545. The van der Waals surface area contributed by atoms with Gasteiger partial charge in [-0.3, -0.25) is 14.9 Å². The van der Waals surface area contributed by atoms with E-state index in [0.717, 1.165) is 0 Å². The normalized spacial score (nSPS) is 10.4. The monoisotopic (exact) mass is 282 g/mol. The number of hydrogen-bond donors (Lipinski definition) is 2. The third-order valence-electron chi connectivity index (χ3n) is 2.67. The fourth-order valence-electron chi connectivity index (χ4n) is 1.75. The predicted molar refractivity (Wildman–Crippen MR) is 74.6 cm³/mol. The second-order valence-corrected chi connectivity index (χ2v) is 4.50. The number of carbonyl (C=O) groups excluding carboxylic acids is 1. The van der Waals surface area contributed by atoms with Crippen molar-refractivity contribution in [3.63, 3.8) is 0 Å². The van der Waals surface area contributed by atoms with Gasteiger partial charge in [0, 0.05) is 13.1 Å². The van der Waals surface area contributed by atoms with Crippen LogP contribution >= 0.6 is 0 Å². The minimum atomic E-state index is -0.588. The van der Waals surface area contributed by atoms with Gasteiger partial charge in [-0.05, 0) is 20.8 Å². The highest BCUT2D eigenvalue weighted by atomic mass is 16.6. The number of nitrogens with zero attached hydrogens (tertiary/aromatic N) is 4. The molecule has 3 N–H and O–H groups in total. The van der Waals surface area contributed by atoms with E-state index in [1.807, 2.05) is 0 Å². The number of carbonyl (C=O) groups is 1. The first-order valence-electron chi connectivity index (χ1n) is 6.03. The van der Waals surface area contributed by atoms with E-state index >= 15 is 0 Å². The Morgan fingerprint density at radius 1 is 1.50 bits per heavy atom. The van der Waals surface area contributed by atoms with Crippen LogP contribution in [0.15, 0.2) is 0 Å². The van der Waals surface area contributed by atoms with Crippen molar-refractivity contribution < 1.29 is 9.72 Å². The van der Waals surface area contributed by atoms with Crippen LogP contribution in [0.1, 0.15) is 19.5 Å². The first kappa shape index (κ1) is 15.6. The number of anilines is 2. The second-order valence-electron chi connectivity index (χ2n) is 4.50. The number of aryl methyl sites for hydroxylation is 1. The Hall–Kier alpha value is -2.45. The molecule has 9 nitrogen and oxygen atoms in total. The average Bonchev–Trinajstić information content (AvgIpc) is 2.33. The molecule has 0 aliphatic heterocycles. The Morgan fingerprint density at radius 2 is 2.10 bits per heavy atom. The summed E-state index contributed by atoms with van der Waals surface area (Å²) in [5.41, 5.74) is 5.19. The molecule has 0 aliphatic rings. The smallest absolute Gasteiger partial charge is 0.332 e. The van der Waals surface area contributed by atoms with Crippen molar-refractivity contribution >= 4 is 23.4 Å². The zero-order valence-electron chi connectivity index (χ0n) is 11.9. The molecule has 9 heteroatoms. The Balaban J connectivity index is 3.47. The molecule has 0 radical (unpaired) electrons. The summed E-state index contributed by atoms with van der Waals surface area (Å²) in [6, 6.07) is -0.180. The molecule has 1 amide bonds. The fourth-order valence-corrected chi connectivity index (χ4v) is 1.75. The third kappa shape index (κ3) is 3.31. The largest absolute Gasteiger partial charge is 0.368 e. The summed E-state index contributed by atoms with van der Waals surface area (Å²) in [7, 11) is 1.61. The molecule has 0 aliphatic carbocycles. The van der Waals surface area contributed by atoms with Gasteiger partial charge in [-0.2, -0.15) is 4.98 Å².